The van der Waals surface area contributed by atoms with E-state index in [0.29, 0.717) is 11.5 Å². The van der Waals surface area contributed by atoms with Gasteiger partial charge in [-0.1, -0.05) is 25.3 Å². The lowest BCUT2D eigenvalue weighted by Gasteiger charge is -2.31. The van der Waals surface area contributed by atoms with Gasteiger partial charge in [-0.2, -0.15) is 5.10 Å². The number of carbonyl (C=O) groups excluding carboxylic acids is 1. The molecule has 2 N–H and O–H groups in total. The Morgan fingerprint density at radius 1 is 1.32 bits per heavy atom. The van der Waals surface area contributed by atoms with E-state index < -0.39 is 0 Å². The third-order valence-electron chi connectivity index (χ3n) is 4.53. The molecule has 0 saturated heterocycles. The van der Waals surface area contributed by atoms with Gasteiger partial charge >= 0.3 is 0 Å². The molecular weight excluding hydrogens is 276 g/mol. The van der Waals surface area contributed by atoms with Gasteiger partial charge in [0.15, 0.2) is 0 Å². The van der Waals surface area contributed by atoms with E-state index >= 15 is 0 Å². The first-order valence-electron chi connectivity index (χ1n) is 7.96. The number of H-pyrrole nitrogens is 1. The number of aryl methyl sites for hydroxylation is 1. The van der Waals surface area contributed by atoms with Crippen molar-refractivity contribution < 1.29 is 4.79 Å². The van der Waals surface area contributed by atoms with Crippen LogP contribution in [0.1, 0.15) is 59.8 Å². The minimum atomic E-state index is -0.0642. The van der Waals surface area contributed by atoms with Crippen LogP contribution < -0.4 is 5.32 Å². The van der Waals surface area contributed by atoms with Crippen molar-refractivity contribution in [1.82, 2.24) is 20.5 Å². The van der Waals surface area contributed by atoms with Crippen molar-refractivity contribution in [3.8, 4) is 0 Å². The third kappa shape index (κ3) is 3.18. The van der Waals surface area contributed by atoms with E-state index in [0.717, 1.165) is 24.1 Å². The minimum absolute atomic E-state index is 0.0239. The van der Waals surface area contributed by atoms with Crippen molar-refractivity contribution in [3.05, 3.63) is 47.5 Å². The Bertz CT molecular complexity index is 617. The summed E-state index contributed by atoms with van der Waals surface area (Å²) in [6.07, 6.45) is 11.3. The summed E-state index contributed by atoms with van der Waals surface area (Å²) in [4.78, 5) is 16.8. The van der Waals surface area contributed by atoms with E-state index in [4.69, 9.17) is 0 Å². The van der Waals surface area contributed by atoms with Crippen LogP contribution in [0.15, 0.2) is 30.7 Å². The SMILES string of the molecule is Cc1[nH]ncc1C(=O)N[C@H](c1cccnc1)C1CCCCC1. The lowest BCUT2D eigenvalue weighted by molar-refractivity contribution is 0.0912. The Kier molecular flexibility index (Phi) is 4.51. The standard InChI is InChI=1S/C17H22N4O/c1-12-15(11-19-21-12)17(22)20-16(13-6-3-2-4-7-13)14-8-5-9-18-10-14/h5,8-11,13,16H,2-4,6-7H2,1H3,(H,19,21)(H,20,22)/t16-/m0/s1. The molecule has 0 bridgehead atoms. The summed E-state index contributed by atoms with van der Waals surface area (Å²) in [6, 6.07) is 4.01. The van der Waals surface area contributed by atoms with Gasteiger partial charge < -0.3 is 5.32 Å². The van der Waals surface area contributed by atoms with Gasteiger partial charge in [0.05, 0.1) is 17.8 Å². The fourth-order valence-electron chi connectivity index (χ4n) is 3.30. The zero-order chi connectivity index (χ0) is 15.4. The largest absolute Gasteiger partial charge is 0.345 e. The molecule has 1 saturated carbocycles. The van der Waals surface area contributed by atoms with Crippen LogP contribution >= 0.6 is 0 Å². The van der Waals surface area contributed by atoms with Crippen LogP contribution in [0.3, 0.4) is 0 Å². The van der Waals surface area contributed by atoms with Crippen LogP contribution in [0.4, 0.5) is 0 Å². The van der Waals surface area contributed by atoms with Crippen molar-refractivity contribution >= 4 is 5.91 Å². The number of aromatic nitrogens is 3. The Morgan fingerprint density at radius 3 is 2.77 bits per heavy atom. The Labute approximate surface area is 130 Å². The molecular formula is C17H22N4O. The molecule has 1 aliphatic rings. The molecule has 5 nitrogen and oxygen atoms in total. The summed E-state index contributed by atoms with van der Waals surface area (Å²) in [5.74, 6) is 0.416. The highest BCUT2D eigenvalue weighted by molar-refractivity contribution is 5.95. The van der Waals surface area contributed by atoms with E-state index in [2.05, 4.69) is 26.6 Å². The fourth-order valence-corrected chi connectivity index (χ4v) is 3.30. The zero-order valence-electron chi connectivity index (χ0n) is 12.9. The van der Waals surface area contributed by atoms with E-state index in [9.17, 15) is 4.79 Å². The van der Waals surface area contributed by atoms with Crippen LogP contribution in [0.2, 0.25) is 0 Å². The molecule has 2 aromatic heterocycles. The predicted octanol–water partition coefficient (Wildman–Crippen LogP) is 3.16. The number of nitrogens with zero attached hydrogens (tertiary/aromatic N) is 2. The summed E-state index contributed by atoms with van der Waals surface area (Å²) in [5, 5.41) is 9.96. The van der Waals surface area contributed by atoms with Crippen LogP contribution in [-0.4, -0.2) is 21.1 Å². The quantitative estimate of drug-likeness (QED) is 0.910. The summed E-state index contributed by atoms with van der Waals surface area (Å²) in [6.45, 7) is 1.86. The topological polar surface area (TPSA) is 70.7 Å². The molecule has 0 aromatic carbocycles. The summed E-state index contributed by atoms with van der Waals surface area (Å²) in [7, 11) is 0. The molecule has 1 atom stereocenters. The third-order valence-corrected chi connectivity index (χ3v) is 4.53. The first-order valence-corrected chi connectivity index (χ1v) is 7.96. The second kappa shape index (κ2) is 6.73. The maximum Gasteiger partial charge on any atom is 0.255 e. The number of aromatic amines is 1. The van der Waals surface area contributed by atoms with E-state index in [1.54, 1.807) is 12.4 Å². The van der Waals surface area contributed by atoms with Crippen molar-refractivity contribution in [2.45, 2.75) is 45.1 Å². The van der Waals surface area contributed by atoms with E-state index in [1.807, 2.05) is 19.2 Å². The van der Waals surface area contributed by atoms with Gasteiger partial charge in [-0.15, -0.1) is 0 Å². The highest BCUT2D eigenvalue weighted by Crippen LogP contribution is 2.34. The van der Waals surface area contributed by atoms with Gasteiger partial charge in [-0.05, 0) is 37.3 Å². The number of rotatable bonds is 4. The highest BCUT2D eigenvalue weighted by Gasteiger charge is 2.27. The number of carbonyl (C=O) groups is 1. The minimum Gasteiger partial charge on any atom is -0.345 e. The smallest absolute Gasteiger partial charge is 0.255 e. The molecule has 0 unspecified atom stereocenters. The second-order valence-corrected chi connectivity index (χ2v) is 6.04. The first kappa shape index (κ1) is 14.8. The van der Waals surface area contributed by atoms with Gasteiger partial charge in [0.1, 0.15) is 0 Å². The normalized spacial score (nSPS) is 17.1. The number of amides is 1. The first-order chi connectivity index (χ1) is 10.8. The summed E-state index contributed by atoms with van der Waals surface area (Å²) >= 11 is 0. The molecule has 2 heterocycles. The monoisotopic (exact) mass is 298 g/mol. The highest BCUT2D eigenvalue weighted by atomic mass is 16.1. The number of nitrogens with one attached hydrogen (secondary N) is 2. The lowest BCUT2D eigenvalue weighted by atomic mass is 9.81. The van der Waals surface area contributed by atoms with Gasteiger partial charge in [-0.25, -0.2) is 0 Å². The predicted molar refractivity (Wildman–Crippen MR) is 84.3 cm³/mol. The molecule has 0 spiro atoms. The average Bonchev–Trinajstić information content (AvgIpc) is 3.00. The molecule has 3 rings (SSSR count). The zero-order valence-corrected chi connectivity index (χ0v) is 12.9. The second-order valence-electron chi connectivity index (χ2n) is 6.04. The Balaban J connectivity index is 1.82. The van der Waals surface area contributed by atoms with Crippen LogP contribution in [-0.2, 0) is 0 Å². The Morgan fingerprint density at radius 2 is 2.14 bits per heavy atom. The maximum absolute atomic E-state index is 12.6. The number of pyridine rings is 1. The van der Waals surface area contributed by atoms with Gasteiger partial charge in [0.2, 0.25) is 0 Å². The molecule has 1 aliphatic carbocycles. The van der Waals surface area contributed by atoms with Crippen LogP contribution in [0, 0.1) is 12.8 Å². The van der Waals surface area contributed by atoms with Crippen molar-refractivity contribution in [2.75, 3.05) is 0 Å². The number of hydrogen-bond acceptors (Lipinski definition) is 3. The van der Waals surface area contributed by atoms with Crippen LogP contribution in [0.5, 0.6) is 0 Å². The molecule has 5 heteroatoms. The van der Waals surface area contributed by atoms with E-state index in [1.165, 1.54) is 19.3 Å². The lowest BCUT2D eigenvalue weighted by Crippen LogP contribution is -2.34. The Hall–Kier alpha value is -2.17. The maximum atomic E-state index is 12.6. The molecule has 1 fully saturated rings. The molecule has 1 amide bonds. The molecule has 0 radical (unpaired) electrons. The summed E-state index contributed by atoms with van der Waals surface area (Å²) < 4.78 is 0. The van der Waals surface area contributed by atoms with Crippen molar-refractivity contribution in [2.24, 2.45) is 5.92 Å². The van der Waals surface area contributed by atoms with Crippen molar-refractivity contribution in [3.63, 3.8) is 0 Å². The molecule has 0 aliphatic heterocycles. The molecule has 22 heavy (non-hydrogen) atoms. The summed E-state index contributed by atoms with van der Waals surface area (Å²) in [5.41, 5.74) is 2.50. The molecule has 2 aromatic rings. The average molecular weight is 298 g/mol. The fraction of sp³-hybridized carbons (Fsp3) is 0.471. The van der Waals surface area contributed by atoms with E-state index in [-0.39, 0.29) is 11.9 Å². The van der Waals surface area contributed by atoms with Crippen molar-refractivity contribution in [1.29, 1.82) is 0 Å². The van der Waals surface area contributed by atoms with Gasteiger partial charge in [0, 0.05) is 18.1 Å². The number of hydrogen-bond donors (Lipinski definition) is 2. The molecule has 116 valence electrons. The van der Waals surface area contributed by atoms with Gasteiger partial charge in [0.25, 0.3) is 5.91 Å². The van der Waals surface area contributed by atoms with Gasteiger partial charge in [-0.3, -0.25) is 14.9 Å². The van der Waals surface area contributed by atoms with Crippen LogP contribution in [0.25, 0.3) is 0 Å².